The number of piperidine rings is 1. The van der Waals surface area contributed by atoms with Crippen molar-refractivity contribution in [3.05, 3.63) is 34.9 Å². The maximum atomic E-state index is 12.4. The lowest BCUT2D eigenvalue weighted by Crippen LogP contribution is -2.47. The molecule has 3 rings (SSSR count). The molecule has 0 bridgehead atoms. The molecule has 1 fully saturated rings. The zero-order valence-electron chi connectivity index (χ0n) is 12.5. The number of amides is 1. The van der Waals surface area contributed by atoms with E-state index in [-0.39, 0.29) is 24.1 Å². The van der Waals surface area contributed by atoms with Gasteiger partial charge in [0, 0.05) is 31.7 Å². The van der Waals surface area contributed by atoms with Crippen molar-refractivity contribution < 1.29 is 4.79 Å². The summed E-state index contributed by atoms with van der Waals surface area (Å²) in [6, 6.07) is 5.52. The molecule has 0 aliphatic carbocycles. The predicted octanol–water partition coefficient (Wildman–Crippen LogP) is 0.226. The van der Waals surface area contributed by atoms with E-state index in [0.717, 1.165) is 25.8 Å². The number of fused-ring (bicyclic) bond motifs is 1. The van der Waals surface area contributed by atoms with Crippen LogP contribution in [0, 0.1) is 0 Å². The highest BCUT2D eigenvalue weighted by molar-refractivity contribution is 5.76. The first kappa shape index (κ1) is 14.8. The van der Waals surface area contributed by atoms with Gasteiger partial charge in [-0.05, 0) is 31.4 Å². The van der Waals surface area contributed by atoms with Crippen LogP contribution in [0.2, 0.25) is 0 Å². The zero-order valence-corrected chi connectivity index (χ0v) is 12.5. The van der Waals surface area contributed by atoms with Crippen molar-refractivity contribution in [1.29, 1.82) is 0 Å². The van der Waals surface area contributed by atoms with Crippen LogP contribution >= 0.6 is 0 Å². The summed E-state index contributed by atoms with van der Waals surface area (Å²) in [6.07, 6.45) is 5.07. The van der Waals surface area contributed by atoms with E-state index >= 15 is 0 Å². The molecule has 118 valence electrons. The Morgan fingerprint density at radius 1 is 1.36 bits per heavy atom. The molecule has 1 aliphatic heterocycles. The molecule has 0 spiro atoms. The number of rotatable bonds is 4. The van der Waals surface area contributed by atoms with Gasteiger partial charge in [-0.1, -0.05) is 6.07 Å². The van der Waals surface area contributed by atoms with Gasteiger partial charge in [-0.2, -0.15) is 0 Å². The van der Waals surface area contributed by atoms with Crippen LogP contribution in [0.25, 0.3) is 5.65 Å². The molecular formula is C15H21N5O2. The second-order valence-electron chi connectivity index (χ2n) is 5.66. The predicted molar refractivity (Wildman–Crippen MR) is 82.5 cm³/mol. The van der Waals surface area contributed by atoms with Crippen LogP contribution in [0.15, 0.2) is 29.2 Å². The fraction of sp³-hybridized carbons (Fsp3) is 0.533. The van der Waals surface area contributed by atoms with Crippen LogP contribution in [-0.2, 0) is 11.3 Å². The largest absolute Gasteiger partial charge is 0.350 e. The molecule has 1 unspecified atom stereocenters. The number of likely N-dealkylation sites (tertiary alicyclic amines) is 1. The van der Waals surface area contributed by atoms with E-state index < -0.39 is 0 Å². The van der Waals surface area contributed by atoms with E-state index in [2.05, 4.69) is 5.10 Å². The summed E-state index contributed by atoms with van der Waals surface area (Å²) in [7, 11) is 0. The number of pyridine rings is 1. The minimum atomic E-state index is -0.211. The Morgan fingerprint density at radius 3 is 3.00 bits per heavy atom. The lowest BCUT2D eigenvalue weighted by Gasteiger charge is -2.35. The highest BCUT2D eigenvalue weighted by atomic mass is 16.2. The molecule has 1 aliphatic rings. The van der Waals surface area contributed by atoms with Gasteiger partial charge in [0.05, 0.1) is 6.54 Å². The Kier molecular flexibility index (Phi) is 4.24. The monoisotopic (exact) mass is 303 g/mol. The van der Waals surface area contributed by atoms with Gasteiger partial charge >= 0.3 is 5.69 Å². The first-order valence-corrected chi connectivity index (χ1v) is 7.74. The smallest absolute Gasteiger partial charge is 0.338 e. The summed E-state index contributed by atoms with van der Waals surface area (Å²) in [4.78, 5) is 26.4. The number of hydrogen-bond acceptors (Lipinski definition) is 4. The standard InChI is InChI=1S/C15H21N5O2/c16-11-12-5-1-3-8-18(12)14(21)7-10-20-15(22)19-9-4-2-6-13(19)17-20/h2,4,6,9,12H,1,3,5,7-8,10-11,16H2. The number of aryl methyl sites for hydroxylation is 1. The molecule has 2 aromatic heterocycles. The molecule has 1 atom stereocenters. The summed E-state index contributed by atoms with van der Waals surface area (Å²) < 4.78 is 2.84. The highest BCUT2D eigenvalue weighted by Gasteiger charge is 2.25. The zero-order chi connectivity index (χ0) is 15.5. The third-order valence-corrected chi connectivity index (χ3v) is 4.25. The van der Waals surface area contributed by atoms with Crippen molar-refractivity contribution in [2.45, 2.75) is 38.3 Å². The van der Waals surface area contributed by atoms with Crippen LogP contribution in [0.3, 0.4) is 0 Å². The molecule has 2 N–H and O–H groups in total. The minimum absolute atomic E-state index is 0.0547. The summed E-state index contributed by atoms with van der Waals surface area (Å²) in [6.45, 7) is 1.56. The number of nitrogens with two attached hydrogens (primary N) is 1. The lowest BCUT2D eigenvalue weighted by molar-refractivity contribution is -0.134. The Morgan fingerprint density at radius 2 is 2.23 bits per heavy atom. The van der Waals surface area contributed by atoms with Crippen molar-refractivity contribution in [2.24, 2.45) is 5.73 Å². The second kappa shape index (κ2) is 6.31. The minimum Gasteiger partial charge on any atom is -0.338 e. The van der Waals surface area contributed by atoms with Crippen LogP contribution in [0.5, 0.6) is 0 Å². The van der Waals surface area contributed by atoms with Gasteiger partial charge in [-0.15, -0.1) is 5.10 Å². The number of hydrogen-bond donors (Lipinski definition) is 1. The number of carbonyl (C=O) groups excluding carboxylic acids is 1. The summed E-state index contributed by atoms with van der Waals surface area (Å²) in [5.74, 6) is 0.0547. The molecule has 7 nitrogen and oxygen atoms in total. The summed E-state index contributed by atoms with van der Waals surface area (Å²) >= 11 is 0. The summed E-state index contributed by atoms with van der Waals surface area (Å²) in [5.41, 5.74) is 6.13. The lowest BCUT2D eigenvalue weighted by atomic mass is 10.0. The molecule has 1 saturated heterocycles. The second-order valence-corrected chi connectivity index (χ2v) is 5.66. The van der Waals surface area contributed by atoms with Crippen molar-refractivity contribution in [3.63, 3.8) is 0 Å². The van der Waals surface area contributed by atoms with Gasteiger partial charge in [0.2, 0.25) is 5.91 Å². The molecule has 7 heteroatoms. The average molecular weight is 303 g/mol. The van der Waals surface area contributed by atoms with Gasteiger partial charge in [0.15, 0.2) is 5.65 Å². The number of aromatic nitrogens is 3. The molecule has 2 aromatic rings. The SMILES string of the molecule is NCC1CCCCN1C(=O)CCn1nc2ccccn2c1=O. The first-order chi connectivity index (χ1) is 10.7. The Bertz CT molecular complexity index is 720. The molecular weight excluding hydrogens is 282 g/mol. The average Bonchev–Trinajstić information content (AvgIpc) is 2.89. The van der Waals surface area contributed by atoms with Crippen molar-refractivity contribution in [2.75, 3.05) is 13.1 Å². The maximum Gasteiger partial charge on any atom is 0.350 e. The van der Waals surface area contributed by atoms with E-state index in [1.807, 2.05) is 11.0 Å². The maximum absolute atomic E-state index is 12.4. The topological polar surface area (TPSA) is 85.6 Å². The van der Waals surface area contributed by atoms with E-state index in [0.29, 0.717) is 18.7 Å². The van der Waals surface area contributed by atoms with Gasteiger partial charge < -0.3 is 10.6 Å². The Labute approximate surface area is 128 Å². The summed E-state index contributed by atoms with van der Waals surface area (Å²) in [5, 5.41) is 4.24. The Hall–Kier alpha value is -2.15. The van der Waals surface area contributed by atoms with E-state index in [1.165, 1.54) is 9.08 Å². The number of nitrogens with zero attached hydrogens (tertiary/aromatic N) is 4. The fourth-order valence-corrected chi connectivity index (χ4v) is 3.03. The van der Waals surface area contributed by atoms with E-state index in [4.69, 9.17) is 5.73 Å². The quantitative estimate of drug-likeness (QED) is 0.876. The molecule has 3 heterocycles. The normalized spacial score (nSPS) is 18.8. The van der Waals surface area contributed by atoms with Gasteiger partial charge in [0.25, 0.3) is 0 Å². The first-order valence-electron chi connectivity index (χ1n) is 7.74. The van der Waals surface area contributed by atoms with E-state index in [9.17, 15) is 9.59 Å². The van der Waals surface area contributed by atoms with Crippen molar-refractivity contribution >= 4 is 11.6 Å². The molecule has 0 aromatic carbocycles. The third kappa shape index (κ3) is 2.76. The van der Waals surface area contributed by atoms with Crippen LogP contribution in [0.1, 0.15) is 25.7 Å². The van der Waals surface area contributed by atoms with Crippen LogP contribution in [-0.4, -0.2) is 44.1 Å². The van der Waals surface area contributed by atoms with Crippen LogP contribution in [0.4, 0.5) is 0 Å². The molecule has 0 saturated carbocycles. The van der Waals surface area contributed by atoms with E-state index in [1.54, 1.807) is 18.3 Å². The number of carbonyl (C=O) groups is 1. The molecule has 1 amide bonds. The molecule has 0 radical (unpaired) electrons. The van der Waals surface area contributed by atoms with Crippen LogP contribution < -0.4 is 11.4 Å². The Balaban J connectivity index is 1.69. The third-order valence-electron chi connectivity index (χ3n) is 4.25. The van der Waals surface area contributed by atoms with Crippen molar-refractivity contribution in [1.82, 2.24) is 19.1 Å². The van der Waals surface area contributed by atoms with Gasteiger partial charge in [0.1, 0.15) is 0 Å². The highest BCUT2D eigenvalue weighted by Crippen LogP contribution is 2.17. The fourth-order valence-electron chi connectivity index (χ4n) is 3.03. The molecule has 22 heavy (non-hydrogen) atoms. The van der Waals surface area contributed by atoms with Gasteiger partial charge in [-0.3, -0.25) is 9.20 Å². The van der Waals surface area contributed by atoms with Crippen molar-refractivity contribution in [3.8, 4) is 0 Å². The van der Waals surface area contributed by atoms with Gasteiger partial charge in [-0.25, -0.2) is 9.48 Å².